The number of rotatable bonds is 6. The molecule has 0 spiro atoms. The third-order valence-corrected chi connectivity index (χ3v) is 2.59. The minimum atomic E-state index is 0.222. The van der Waals surface area contributed by atoms with Crippen molar-refractivity contribution < 1.29 is 4.79 Å². The number of aldehydes is 1. The molecule has 0 rings (SSSR count). The third-order valence-electron chi connectivity index (χ3n) is 2.59. The molecule has 0 saturated heterocycles. The summed E-state index contributed by atoms with van der Waals surface area (Å²) >= 11 is 0. The van der Waals surface area contributed by atoms with E-state index in [4.69, 9.17) is 5.73 Å². The van der Waals surface area contributed by atoms with Gasteiger partial charge in [-0.1, -0.05) is 55.4 Å². The van der Waals surface area contributed by atoms with Crippen molar-refractivity contribution in [2.75, 3.05) is 27.2 Å². The molecule has 0 bridgehead atoms. The molecule has 21 heavy (non-hydrogen) atoms. The summed E-state index contributed by atoms with van der Waals surface area (Å²) in [7, 11) is 3.76. The van der Waals surface area contributed by atoms with E-state index in [-0.39, 0.29) is 5.92 Å². The van der Waals surface area contributed by atoms with Gasteiger partial charge in [0.1, 0.15) is 12.1 Å². The molecular formula is C17H41N3O. The van der Waals surface area contributed by atoms with Crippen LogP contribution in [0, 0.1) is 11.8 Å². The highest BCUT2D eigenvalue weighted by atomic mass is 16.1. The number of likely N-dealkylation sites (N-methyl/N-ethyl adjacent to an activating group) is 1. The Morgan fingerprint density at radius 3 is 1.81 bits per heavy atom. The molecule has 130 valence electrons. The van der Waals surface area contributed by atoms with Gasteiger partial charge in [0.2, 0.25) is 0 Å². The van der Waals surface area contributed by atoms with E-state index in [0.29, 0.717) is 11.8 Å². The SMILES string of the molecule is CC.CC.CC(C)C(C)C=O.CCCN(C)CC(N)=NC. The Hall–Kier alpha value is -0.900. The van der Waals surface area contributed by atoms with Crippen molar-refractivity contribution in [2.45, 2.75) is 61.8 Å². The Morgan fingerprint density at radius 1 is 1.19 bits per heavy atom. The van der Waals surface area contributed by atoms with E-state index in [1.54, 1.807) is 7.05 Å². The van der Waals surface area contributed by atoms with E-state index in [2.05, 4.69) is 16.8 Å². The van der Waals surface area contributed by atoms with Gasteiger partial charge in [-0.25, -0.2) is 0 Å². The number of nitrogens with zero attached hydrogens (tertiary/aromatic N) is 2. The van der Waals surface area contributed by atoms with Gasteiger partial charge in [-0.3, -0.25) is 9.89 Å². The fourth-order valence-electron chi connectivity index (χ4n) is 0.965. The highest BCUT2D eigenvalue weighted by Gasteiger charge is 2.02. The van der Waals surface area contributed by atoms with Crippen molar-refractivity contribution in [2.24, 2.45) is 22.6 Å². The molecule has 0 saturated carbocycles. The van der Waals surface area contributed by atoms with Crippen LogP contribution in [0.3, 0.4) is 0 Å². The number of hydrogen-bond donors (Lipinski definition) is 1. The summed E-state index contributed by atoms with van der Waals surface area (Å²) in [4.78, 5) is 16.0. The van der Waals surface area contributed by atoms with Crippen molar-refractivity contribution in [3.8, 4) is 0 Å². The fourth-order valence-corrected chi connectivity index (χ4v) is 0.965. The molecule has 1 unspecified atom stereocenters. The molecule has 0 fully saturated rings. The molecule has 0 amide bonds. The van der Waals surface area contributed by atoms with Gasteiger partial charge >= 0.3 is 0 Å². The maximum Gasteiger partial charge on any atom is 0.123 e. The van der Waals surface area contributed by atoms with E-state index in [0.717, 1.165) is 25.8 Å². The second-order valence-corrected chi connectivity index (χ2v) is 4.69. The maximum atomic E-state index is 9.95. The average Bonchev–Trinajstić information content (AvgIpc) is 2.51. The lowest BCUT2D eigenvalue weighted by Crippen LogP contribution is -2.31. The lowest BCUT2D eigenvalue weighted by atomic mass is 10.0. The van der Waals surface area contributed by atoms with Gasteiger partial charge in [0, 0.05) is 13.0 Å². The summed E-state index contributed by atoms with van der Waals surface area (Å²) in [5.74, 6) is 1.42. The first-order valence-electron chi connectivity index (χ1n) is 8.23. The predicted octanol–water partition coefficient (Wildman–Crippen LogP) is 3.85. The largest absolute Gasteiger partial charge is 0.386 e. The van der Waals surface area contributed by atoms with Gasteiger partial charge in [0.15, 0.2) is 0 Å². The number of aliphatic imine (C=N–C) groups is 1. The van der Waals surface area contributed by atoms with Gasteiger partial charge < -0.3 is 10.5 Å². The fraction of sp³-hybridized carbons (Fsp3) is 0.882. The summed E-state index contributed by atoms with van der Waals surface area (Å²) in [5.41, 5.74) is 5.51. The van der Waals surface area contributed by atoms with Crippen LogP contribution in [0.1, 0.15) is 61.8 Å². The molecular weight excluding hydrogens is 262 g/mol. The molecule has 4 heteroatoms. The number of carbonyl (C=O) groups excluding carboxylic acids is 1. The summed E-state index contributed by atoms with van der Waals surface area (Å²) < 4.78 is 0. The first kappa shape index (κ1) is 28.3. The van der Waals surface area contributed by atoms with Crippen molar-refractivity contribution in [1.82, 2.24) is 4.90 Å². The van der Waals surface area contributed by atoms with Crippen LogP contribution in [0.4, 0.5) is 0 Å². The van der Waals surface area contributed by atoms with Gasteiger partial charge in [-0.15, -0.1) is 0 Å². The van der Waals surface area contributed by atoms with E-state index in [1.807, 2.05) is 55.5 Å². The minimum absolute atomic E-state index is 0.222. The summed E-state index contributed by atoms with van der Waals surface area (Å²) in [6, 6.07) is 0. The molecule has 0 aromatic heterocycles. The van der Waals surface area contributed by atoms with Crippen LogP contribution in [0.5, 0.6) is 0 Å². The Balaban J connectivity index is -0.000000115. The van der Waals surface area contributed by atoms with Gasteiger partial charge in [0.25, 0.3) is 0 Å². The normalized spacial score (nSPS) is 11.3. The quantitative estimate of drug-likeness (QED) is 0.461. The smallest absolute Gasteiger partial charge is 0.123 e. The Labute approximate surface area is 134 Å². The lowest BCUT2D eigenvalue weighted by Gasteiger charge is -2.13. The van der Waals surface area contributed by atoms with Gasteiger partial charge in [0.05, 0.1) is 6.54 Å². The summed E-state index contributed by atoms with van der Waals surface area (Å²) in [5, 5.41) is 0. The minimum Gasteiger partial charge on any atom is -0.386 e. The Morgan fingerprint density at radius 2 is 1.62 bits per heavy atom. The number of hydrogen-bond acceptors (Lipinski definition) is 3. The second kappa shape index (κ2) is 24.1. The van der Waals surface area contributed by atoms with E-state index < -0.39 is 0 Å². The van der Waals surface area contributed by atoms with E-state index in [9.17, 15) is 4.79 Å². The van der Waals surface area contributed by atoms with Crippen molar-refractivity contribution in [3.63, 3.8) is 0 Å². The molecule has 1 atom stereocenters. The molecule has 0 radical (unpaired) electrons. The Kier molecular flexibility index (Phi) is 32.5. The van der Waals surface area contributed by atoms with Crippen LogP contribution < -0.4 is 5.73 Å². The molecule has 4 nitrogen and oxygen atoms in total. The summed E-state index contributed by atoms with van der Waals surface area (Å²) in [6.45, 7) is 18.0. The first-order chi connectivity index (χ1) is 9.88. The standard InChI is InChI=1S/C7H17N3.C6H12O.2C2H6/c1-4-5-10(3)6-7(8)9-2;1-5(2)6(3)4-7;2*1-2/h4-6H2,1-3H3,(H2,8,9);4-6H,1-3H3;2*1-2H3. The van der Waals surface area contributed by atoms with E-state index in [1.165, 1.54) is 0 Å². The predicted molar refractivity (Wildman–Crippen MR) is 98.1 cm³/mol. The van der Waals surface area contributed by atoms with Gasteiger partial charge in [-0.2, -0.15) is 0 Å². The van der Waals surface area contributed by atoms with Crippen molar-refractivity contribution >= 4 is 12.1 Å². The van der Waals surface area contributed by atoms with Crippen LogP contribution in [-0.4, -0.2) is 44.2 Å². The molecule has 2 N–H and O–H groups in total. The number of amidine groups is 1. The average molecular weight is 304 g/mol. The molecule has 0 aromatic rings. The molecule has 0 aliphatic rings. The highest BCUT2D eigenvalue weighted by molar-refractivity contribution is 5.82. The number of nitrogens with two attached hydrogens (primary N) is 1. The van der Waals surface area contributed by atoms with Crippen LogP contribution >= 0.6 is 0 Å². The monoisotopic (exact) mass is 303 g/mol. The topological polar surface area (TPSA) is 58.7 Å². The van der Waals surface area contributed by atoms with Crippen molar-refractivity contribution in [3.05, 3.63) is 0 Å². The highest BCUT2D eigenvalue weighted by Crippen LogP contribution is 2.04. The first-order valence-corrected chi connectivity index (χ1v) is 8.23. The molecule has 0 aliphatic carbocycles. The molecule has 0 aliphatic heterocycles. The van der Waals surface area contributed by atoms with Crippen LogP contribution in [0.2, 0.25) is 0 Å². The number of carbonyl (C=O) groups is 1. The molecule has 0 aromatic carbocycles. The van der Waals surface area contributed by atoms with E-state index >= 15 is 0 Å². The van der Waals surface area contributed by atoms with Gasteiger partial charge in [-0.05, 0) is 25.9 Å². The Bertz CT molecular complexity index is 216. The molecule has 0 heterocycles. The zero-order valence-corrected chi connectivity index (χ0v) is 16.2. The maximum absolute atomic E-state index is 9.95. The van der Waals surface area contributed by atoms with Crippen molar-refractivity contribution in [1.29, 1.82) is 0 Å². The second-order valence-electron chi connectivity index (χ2n) is 4.69. The van der Waals surface area contributed by atoms with Crippen LogP contribution in [0.25, 0.3) is 0 Å². The summed E-state index contributed by atoms with van der Waals surface area (Å²) in [6.07, 6.45) is 2.15. The third kappa shape index (κ3) is 28.1. The lowest BCUT2D eigenvalue weighted by molar-refractivity contribution is -0.111. The van der Waals surface area contributed by atoms with Crippen LogP contribution in [-0.2, 0) is 4.79 Å². The zero-order valence-electron chi connectivity index (χ0n) is 16.2. The zero-order chi connectivity index (χ0) is 17.8. The van der Waals surface area contributed by atoms with Crippen LogP contribution in [0.15, 0.2) is 4.99 Å².